The summed E-state index contributed by atoms with van der Waals surface area (Å²) < 4.78 is 0. The molecule has 0 unspecified atom stereocenters. The Hall–Kier alpha value is -4.25. The first kappa shape index (κ1) is 33.6. The van der Waals surface area contributed by atoms with E-state index in [2.05, 4.69) is 15.8 Å². The van der Waals surface area contributed by atoms with Gasteiger partial charge >= 0.3 is 0 Å². The maximum atomic E-state index is 14.6. The summed E-state index contributed by atoms with van der Waals surface area (Å²) in [7, 11) is 0. The molecule has 1 saturated heterocycles. The highest BCUT2D eigenvalue weighted by Crippen LogP contribution is 2.48. The number of amides is 4. The second kappa shape index (κ2) is 13.0. The molecule has 0 radical (unpaired) electrons. The third-order valence-corrected chi connectivity index (χ3v) is 10.1. The van der Waals surface area contributed by atoms with Gasteiger partial charge in [0.1, 0.15) is 12.1 Å². The van der Waals surface area contributed by atoms with Gasteiger partial charge in [-0.05, 0) is 47.8 Å². The zero-order valence-electron chi connectivity index (χ0n) is 27.4. The van der Waals surface area contributed by atoms with Crippen LogP contribution in [0.1, 0.15) is 76.3 Å². The molecule has 2 saturated carbocycles. The Bertz CT molecular complexity index is 1650. The molecule has 2 aromatic carbocycles. The van der Waals surface area contributed by atoms with Crippen LogP contribution in [0.25, 0.3) is 0 Å². The van der Waals surface area contributed by atoms with Gasteiger partial charge in [0.2, 0.25) is 23.5 Å². The molecule has 6 atom stereocenters. The van der Waals surface area contributed by atoms with Crippen LogP contribution in [0.3, 0.4) is 0 Å². The molecule has 12 heteroatoms. The molecule has 3 fully saturated rings. The number of primary amides is 1. The van der Waals surface area contributed by atoms with Gasteiger partial charge in [0.05, 0.1) is 18.3 Å². The fourth-order valence-corrected chi connectivity index (χ4v) is 7.12. The second-order valence-corrected chi connectivity index (χ2v) is 15.3. The topological polar surface area (TPSA) is 160 Å². The third kappa shape index (κ3) is 7.26. The van der Waals surface area contributed by atoms with Crippen molar-refractivity contribution >= 4 is 46.7 Å². The summed E-state index contributed by atoms with van der Waals surface area (Å²) in [5.74, 6) is -3.22. The monoisotopic (exact) mass is 675 g/mol. The lowest BCUT2D eigenvalue weighted by Crippen LogP contribution is -2.59. The number of hydrogen-bond acceptors (Lipinski definition) is 7. The number of nitrogens with zero attached hydrogens (tertiary/aromatic N) is 2. The van der Waals surface area contributed by atoms with E-state index in [4.69, 9.17) is 22.2 Å². The number of benzene rings is 2. The van der Waals surface area contributed by atoms with Crippen molar-refractivity contribution in [3.63, 3.8) is 0 Å². The van der Waals surface area contributed by atoms with Crippen LogP contribution < -0.4 is 16.4 Å². The summed E-state index contributed by atoms with van der Waals surface area (Å²) in [6, 6.07) is 13.9. The molecule has 1 spiro atoms. The average Bonchev–Trinajstić information content (AvgIpc) is 3.97. The highest BCUT2D eigenvalue weighted by molar-refractivity contribution is 6.37. The fraction of sp³-hybridized carbons (Fsp3) is 0.500. The van der Waals surface area contributed by atoms with Gasteiger partial charge in [-0.2, -0.15) is 0 Å². The molecule has 0 bridgehead atoms. The molecule has 4 aliphatic rings. The number of oxime groups is 1. The van der Waals surface area contributed by atoms with E-state index in [9.17, 15) is 24.0 Å². The van der Waals surface area contributed by atoms with Gasteiger partial charge in [0.25, 0.3) is 5.91 Å². The quantitative estimate of drug-likeness (QED) is 0.309. The van der Waals surface area contributed by atoms with Crippen molar-refractivity contribution in [2.75, 3.05) is 6.54 Å². The van der Waals surface area contributed by atoms with Crippen molar-refractivity contribution in [1.29, 1.82) is 0 Å². The highest BCUT2D eigenvalue weighted by Gasteiger charge is 2.56. The van der Waals surface area contributed by atoms with E-state index >= 15 is 0 Å². The molecule has 2 aliphatic heterocycles. The van der Waals surface area contributed by atoms with E-state index < -0.39 is 52.6 Å². The van der Waals surface area contributed by atoms with Crippen LogP contribution in [0, 0.1) is 17.3 Å². The normalized spacial score (nSPS) is 25.9. The predicted octanol–water partition coefficient (Wildman–Crippen LogP) is 3.48. The number of hydrogen-bond donors (Lipinski definition) is 3. The van der Waals surface area contributed by atoms with Crippen molar-refractivity contribution in [3.8, 4) is 0 Å². The van der Waals surface area contributed by atoms with Crippen molar-refractivity contribution in [2.45, 2.75) is 88.9 Å². The van der Waals surface area contributed by atoms with Crippen LogP contribution in [-0.4, -0.2) is 70.3 Å². The molecule has 6 rings (SSSR count). The Labute approximate surface area is 284 Å². The number of carbonyl (C=O) groups is 5. The van der Waals surface area contributed by atoms with E-state index in [0.717, 1.165) is 24.0 Å². The standard InChI is InChI=1S/C36H42ClN5O6/c1-35(2,3)30(40-32(45)25-16-24(25)21-8-5-4-6-9-21)34(47)42-19-36(17-27(41-48-36)22-10-7-11-23(37)15-22)18-28(42)33(46)39-26(14-20-12-13-20)29(43)31(38)44/h4-11,15,20,24-26,28,30H,12-14,16-19H2,1-3H3,(H2,38,44)(H,39,46)(H,40,45)/t24-,25+,26+,28+,30-,36-/m1/s1. The summed E-state index contributed by atoms with van der Waals surface area (Å²) in [5.41, 5.74) is 6.06. The number of nitrogens with two attached hydrogens (primary N) is 1. The first-order valence-electron chi connectivity index (χ1n) is 16.6. The number of nitrogens with one attached hydrogen (secondary N) is 2. The van der Waals surface area contributed by atoms with E-state index in [0.29, 0.717) is 30.0 Å². The average molecular weight is 676 g/mol. The largest absolute Gasteiger partial charge is 0.387 e. The summed E-state index contributed by atoms with van der Waals surface area (Å²) in [5, 5.41) is 10.6. The Morgan fingerprint density at radius 2 is 1.77 bits per heavy atom. The Kier molecular flexibility index (Phi) is 9.10. The number of ketones is 1. The minimum atomic E-state index is -1.13. The SMILES string of the molecule is CC(C)(C)[C@H](NC(=O)[C@H]1C[C@@H]1c1ccccc1)C(=O)N1C[C@@]2(CC(c3cccc(Cl)c3)=NO2)C[C@H]1C(=O)N[C@@H](CC1CC1)C(=O)C(N)=O. The van der Waals surface area contributed by atoms with Gasteiger partial charge in [-0.1, -0.05) is 92.8 Å². The number of carbonyl (C=O) groups excluding carboxylic acids is 5. The number of halogens is 1. The third-order valence-electron chi connectivity index (χ3n) is 9.88. The summed E-state index contributed by atoms with van der Waals surface area (Å²) >= 11 is 6.23. The van der Waals surface area contributed by atoms with E-state index in [1.165, 1.54) is 4.90 Å². The first-order valence-corrected chi connectivity index (χ1v) is 16.9. The predicted molar refractivity (Wildman–Crippen MR) is 179 cm³/mol. The minimum absolute atomic E-state index is 0.0209. The molecule has 0 aromatic heterocycles. The molecule has 4 amide bonds. The van der Waals surface area contributed by atoms with E-state index in [-0.39, 0.29) is 36.6 Å². The zero-order chi connectivity index (χ0) is 34.4. The number of Topliss-reactive ketones (excluding diaryl/α,β-unsaturated/α-hetero) is 1. The molecule has 2 aliphatic carbocycles. The molecular weight excluding hydrogens is 634 g/mol. The van der Waals surface area contributed by atoms with Crippen molar-refractivity contribution in [3.05, 3.63) is 70.7 Å². The van der Waals surface area contributed by atoms with Gasteiger partial charge in [0.15, 0.2) is 5.60 Å². The summed E-state index contributed by atoms with van der Waals surface area (Å²) in [4.78, 5) is 74.2. The van der Waals surface area contributed by atoms with Gasteiger partial charge < -0.3 is 26.1 Å². The molecule has 254 valence electrons. The van der Waals surface area contributed by atoms with Crippen LogP contribution in [0.15, 0.2) is 59.8 Å². The number of rotatable bonds is 11. The molecule has 48 heavy (non-hydrogen) atoms. The lowest BCUT2D eigenvalue weighted by Gasteiger charge is -2.35. The fourth-order valence-electron chi connectivity index (χ4n) is 6.93. The summed E-state index contributed by atoms with van der Waals surface area (Å²) in [6.07, 6.45) is 3.16. The minimum Gasteiger partial charge on any atom is -0.387 e. The number of likely N-dealkylation sites (tertiary alicyclic amines) is 1. The van der Waals surface area contributed by atoms with Crippen LogP contribution in [0.4, 0.5) is 0 Å². The van der Waals surface area contributed by atoms with Crippen LogP contribution in [0.2, 0.25) is 5.02 Å². The van der Waals surface area contributed by atoms with Gasteiger partial charge in [-0.15, -0.1) is 0 Å². The molecule has 2 aromatic rings. The first-order chi connectivity index (χ1) is 22.7. The molecule has 11 nitrogen and oxygen atoms in total. The zero-order valence-corrected chi connectivity index (χ0v) is 28.2. The van der Waals surface area contributed by atoms with E-state index in [1.54, 1.807) is 18.2 Å². The molecule has 4 N–H and O–H groups in total. The van der Waals surface area contributed by atoms with Gasteiger partial charge in [0, 0.05) is 29.3 Å². The Balaban J connectivity index is 1.25. The Morgan fingerprint density at radius 1 is 1.04 bits per heavy atom. The maximum Gasteiger partial charge on any atom is 0.287 e. The van der Waals surface area contributed by atoms with Gasteiger partial charge in [-0.25, -0.2) is 0 Å². The van der Waals surface area contributed by atoms with Crippen LogP contribution in [-0.2, 0) is 28.8 Å². The Morgan fingerprint density at radius 3 is 2.42 bits per heavy atom. The molecule has 2 heterocycles. The van der Waals surface area contributed by atoms with E-state index in [1.807, 2.05) is 57.2 Å². The van der Waals surface area contributed by atoms with Crippen molar-refractivity contribution in [1.82, 2.24) is 15.5 Å². The van der Waals surface area contributed by atoms with Crippen LogP contribution in [0.5, 0.6) is 0 Å². The second-order valence-electron chi connectivity index (χ2n) is 14.8. The van der Waals surface area contributed by atoms with Crippen LogP contribution >= 0.6 is 11.6 Å². The van der Waals surface area contributed by atoms with Gasteiger partial charge in [-0.3, -0.25) is 24.0 Å². The summed E-state index contributed by atoms with van der Waals surface area (Å²) in [6.45, 7) is 5.61. The van der Waals surface area contributed by atoms with Crippen molar-refractivity contribution < 1.29 is 28.8 Å². The lowest BCUT2D eigenvalue weighted by atomic mass is 9.85. The lowest BCUT2D eigenvalue weighted by molar-refractivity contribution is -0.145. The smallest absolute Gasteiger partial charge is 0.287 e. The molecular formula is C36H42ClN5O6. The maximum absolute atomic E-state index is 14.6. The highest BCUT2D eigenvalue weighted by atomic mass is 35.5. The van der Waals surface area contributed by atoms with Crippen molar-refractivity contribution in [2.24, 2.45) is 28.1 Å².